The van der Waals surface area contributed by atoms with Crippen LogP contribution in [0.1, 0.15) is 44.2 Å². The van der Waals surface area contributed by atoms with Gasteiger partial charge in [-0.2, -0.15) is 4.72 Å². The Labute approximate surface area is 207 Å². The molecule has 0 bridgehead atoms. The Bertz CT molecular complexity index is 1180. The maximum Gasteiger partial charge on any atom is 0.241 e. The van der Waals surface area contributed by atoms with Crippen LogP contribution < -0.4 is 10.5 Å². The summed E-state index contributed by atoms with van der Waals surface area (Å²) in [5, 5.41) is 0. The molecular weight excluding hydrogens is 466 g/mol. The van der Waals surface area contributed by atoms with Gasteiger partial charge >= 0.3 is 0 Å². The maximum atomic E-state index is 13.4. The number of piperidine rings is 1. The summed E-state index contributed by atoms with van der Waals surface area (Å²) in [5.74, 6) is 0.884. The number of likely N-dealkylation sites (tertiary alicyclic amines) is 1. The molecule has 0 spiro atoms. The predicted molar refractivity (Wildman–Crippen MR) is 134 cm³/mol. The molecule has 1 atom stereocenters. The zero-order valence-electron chi connectivity index (χ0n) is 20.4. The van der Waals surface area contributed by atoms with Crippen molar-refractivity contribution in [1.82, 2.24) is 19.1 Å². The Morgan fingerprint density at radius 2 is 1.86 bits per heavy atom. The molecule has 0 saturated carbocycles. The van der Waals surface area contributed by atoms with Gasteiger partial charge in [0.25, 0.3) is 0 Å². The first-order valence-corrected chi connectivity index (χ1v) is 13.7. The van der Waals surface area contributed by atoms with Crippen molar-refractivity contribution in [2.24, 2.45) is 5.92 Å². The molecule has 2 aliphatic rings. The second-order valence-corrected chi connectivity index (χ2v) is 11.4. The number of benzene rings is 1. The molecule has 0 aliphatic carbocycles. The number of hydrogen-bond acceptors (Lipinski definition) is 5. The lowest BCUT2D eigenvalue weighted by Gasteiger charge is -2.33. The number of nitrogens with two attached hydrogens (primary N) is 1. The molecule has 2 aromatic rings. The van der Waals surface area contributed by atoms with E-state index in [-0.39, 0.29) is 23.1 Å². The highest BCUT2D eigenvalue weighted by molar-refractivity contribution is 7.89. The highest BCUT2D eigenvalue weighted by Crippen LogP contribution is 2.24. The molecule has 10 heteroatoms. The Balaban J connectivity index is 1.55. The summed E-state index contributed by atoms with van der Waals surface area (Å²) in [6.07, 6.45) is 4.61. The van der Waals surface area contributed by atoms with Crippen molar-refractivity contribution in [1.29, 1.82) is 0 Å². The van der Waals surface area contributed by atoms with Crippen molar-refractivity contribution in [3.63, 3.8) is 0 Å². The van der Waals surface area contributed by atoms with E-state index in [1.165, 1.54) is 6.92 Å². The number of nitrogen functional groups attached to an aromatic ring is 1. The van der Waals surface area contributed by atoms with Gasteiger partial charge in [-0.25, -0.2) is 8.42 Å². The van der Waals surface area contributed by atoms with Crippen LogP contribution in [0.2, 0.25) is 0 Å². The number of amides is 2. The summed E-state index contributed by atoms with van der Waals surface area (Å²) in [5.41, 5.74) is 7.84. The van der Waals surface area contributed by atoms with Crippen LogP contribution in [0.4, 0.5) is 5.82 Å². The van der Waals surface area contributed by atoms with E-state index in [1.807, 2.05) is 22.9 Å². The van der Waals surface area contributed by atoms with Crippen LogP contribution in [-0.2, 0) is 39.1 Å². The van der Waals surface area contributed by atoms with Crippen LogP contribution in [-0.4, -0.2) is 60.3 Å². The first kappa shape index (κ1) is 25.2. The second-order valence-electron chi connectivity index (χ2n) is 9.72. The number of nitrogens with one attached hydrogen (secondary N) is 1. The van der Waals surface area contributed by atoms with Gasteiger partial charge in [0.2, 0.25) is 21.8 Å². The smallest absolute Gasteiger partial charge is 0.241 e. The van der Waals surface area contributed by atoms with Crippen LogP contribution in [0.15, 0.2) is 41.4 Å². The van der Waals surface area contributed by atoms with Crippen molar-refractivity contribution in [3.8, 4) is 0 Å². The standard InChI is InChI=1S/C25H35N5O4S/c1-18-7-12-29(13-8-18)25(32)23(10-15-28-11-3-4-24(28)26)27-35(33,34)22-6-5-20-9-14-30(19(2)31)17-21(20)16-22/h3-6,11,16,18,23,27H,7-10,12-15,17,26H2,1-2H3. The Morgan fingerprint density at radius 1 is 1.11 bits per heavy atom. The van der Waals surface area contributed by atoms with Crippen molar-refractivity contribution in [3.05, 3.63) is 47.7 Å². The molecule has 3 heterocycles. The third kappa shape index (κ3) is 5.87. The summed E-state index contributed by atoms with van der Waals surface area (Å²) in [6.45, 7) is 6.37. The van der Waals surface area contributed by atoms with Gasteiger partial charge in [0.1, 0.15) is 11.9 Å². The summed E-state index contributed by atoms with van der Waals surface area (Å²) < 4.78 is 31.3. The summed E-state index contributed by atoms with van der Waals surface area (Å²) in [4.78, 5) is 28.8. The van der Waals surface area contributed by atoms with E-state index in [0.29, 0.717) is 50.9 Å². The quantitative estimate of drug-likeness (QED) is 0.602. The zero-order valence-corrected chi connectivity index (χ0v) is 21.3. The van der Waals surface area contributed by atoms with E-state index in [4.69, 9.17) is 5.73 Å². The Morgan fingerprint density at radius 3 is 2.51 bits per heavy atom. The van der Waals surface area contributed by atoms with E-state index in [1.54, 1.807) is 28.0 Å². The lowest BCUT2D eigenvalue weighted by atomic mass is 9.98. The number of carbonyl (C=O) groups excluding carboxylic acids is 2. The maximum absolute atomic E-state index is 13.4. The van der Waals surface area contributed by atoms with E-state index in [2.05, 4.69) is 11.6 Å². The zero-order chi connectivity index (χ0) is 25.2. The molecule has 1 saturated heterocycles. The van der Waals surface area contributed by atoms with Crippen molar-refractivity contribution in [2.75, 3.05) is 25.4 Å². The van der Waals surface area contributed by atoms with Crippen molar-refractivity contribution >= 4 is 27.7 Å². The normalized spacial score (nSPS) is 17.8. The van der Waals surface area contributed by atoms with Gasteiger partial charge in [-0.3, -0.25) is 9.59 Å². The minimum Gasteiger partial charge on any atom is -0.385 e. The second kappa shape index (κ2) is 10.4. The number of anilines is 1. The van der Waals surface area contributed by atoms with Gasteiger partial charge in [0, 0.05) is 45.8 Å². The average Bonchev–Trinajstić information content (AvgIpc) is 3.25. The number of sulfonamides is 1. The number of aryl methyl sites for hydroxylation is 1. The highest BCUT2D eigenvalue weighted by Gasteiger charge is 2.31. The number of fused-ring (bicyclic) bond motifs is 1. The SMILES string of the molecule is CC(=O)N1CCc2ccc(S(=O)(=O)NC(CCn3cccc3N)C(=O)N3CCC(C)CC3)cc2C1. The first-order valence-electron chi connectivity index (χ1n) is 12.2. The molecule has 2 aliphatic heterocycles. The fraction of sp³-hybridized carbons (Fsp3) is 0.520. The van der Waals surface area contributed by atoms with E-state index in [0.717, 1.165) is 24.0 Å². The summed E-state index contributed by atoms with van der Waals surface area (Å²) >= 11 is 0. The molecule has 3 N–H and O–H groups in total. The van der Waals surface area contributed by atoms with Crippen LogP contribution in [0.3, 0.4) is 0 Å². The van der Waals surface area contributed by atoms with E-state index in [9.17, 15) is 18.0 Å². The fourth-order valence-electron chi connectivity index (χ4n) is 4.81. The Hall–Kier alpha value is -2.85. The molecular formula is C25H35N5O4S. The lowest BCUT2D eigenvalue weighted by Crippen LogP contribution is -2.51. The van der Waals surface area contributed by atoms with Crippen LogP contribution >= 0.6 is 0 Å². The first-order chi connectivity index (χ1) is 16.6. The van der Waals surface area contributed by atoms with E-state index < -0.39 is 16.1 Å². The molecule has 35 heavy (non-hydrogen) atoms. The third-order valence-corrected chi connectivity index (χ3v) is 8.63. The summed E-state index contributed by atoms with van der Waals surface area (Å²) in [6, 6.07) is 7.70. The third-order valence-electron chi connectivity index (χ3n) is 7.16. The lowest BCUT2D eigenvalue weighted by molar-refractivity contribution is -0.134. The van der Waals surface area contributed by atoms with Crippen LogP contribution in [0.25, 0.3) is 0 Å². The minimum atomic E-state index is -3.97. The van der Waals surface area contributed by atoms with Gasteiger partial charge in [0.05, 0.1) is 4.90 Å². The largest absolute Gasteiger partial charge is 0.385 e. The predicted octanol–water partition coefficient (Wildman–Crippen LogP) is 1.97. The van der Waals surface area contributed by atoms with Gasteiger partial charge in [-0.1, -0.05) is 13.0 Å². The molecule has 4 rings (SSSR count). The number of hydrogen-bond donors (Lipinski definition) is 2. The van der Waals surface area contributed by atoms with Gasteiger partial charge in [-0.05, 0) is 67.0 Å². The average molecular weight is 502 g/mol. The fourth-order valence-corrected chi connectivity index (χ4v) is 6.08. The van der Waals surface area contributed by atoms with Crippen LogP contribution in [0, 0.1) is 5.92 Å². The molecule has 1 aromatic carbocycles. The van der Waals surface area contributed by atoms with Crippen molar-refractivity contribution < 1.29 is 18.0 Å². The molecule has 190 valence electrons. The Kier molecular flexibility index (Phi) is 7.51. The van der Waals surface area contributed by atoms with Crippen LogP contribution in [0.5, 0.6) is 0 Å². The number of rotatable bonds is 7. The number of aromatic nitrogens is 1. The number of carbonyl (C=O) groups is 2. The molecule has 1 aromatic heterocycles. The van der Waals surface area contributed by atoms with Gasteiger partial charge in [-0.15, -0.1) is 0 Å². The molecule has 0 radical (unpaired) electrons. The minimum absolute atomic E-state index is 0.0344. The topological polar surface area (TPSA) is 118 Å². The van der Waals surface area contributed by atoms with E-state index >= 15 is 0 Å². The van der Waals surface area contributed by atoms with Gasteiger partial charge < -0.3 is 20.1 Å². The monoisotopic (exact) mass is 501 g/mol. The molecule has 1 fully saturated rings. The van der Waals surface area contributed by atoms with Gasteiger partial charge in [0.15, 0.2) is 0 Å². The molecule has 1 unspecified atom stereocenters. The molecule has 9 nitrogen and oxygen atoms in total. The summed E-state index contributed by atoms with van der Waals surface area (Å²) in [7, 11) is -3.97. The van der Waals surface area contributed by atoms with Crippen molar-refractivity contribution in [2.45, 2.75) is 63.6 Å². The number of nitrogens with zero attached hydrogens (tertiary/aromatic N) is 3. The molecule has 2 amide bonds. The highest BCUT2D eigenvalue weighted by atomic mass is 32.2.